The van der Waals surface area contributed by atoms with Crippen molar-refractivity contribution < 1.29 is 32.5 Å². The summed E-state index contributed by atoms with van der Waals surface area (Å²) in [5.41, 5.74) is 0. The summed E-state index contributed by atoms with van der Waals surface area (Å²) in [6.07, 6.45) is -3.35. The van der Waals surface area contributed by atoms with Crippen LogP contribution in [-0.4, -0.2) is 72.0 Å². The van der Waals surface area contributed by atoms with E-state index in [1.165, 1.54) is 6.92 Å². The van der Waals surface area contributed by atoms with Crippen LogP contribution in [0, 0.1) is 0 Å². The van der Waals surface area contributed by atoms with Gasteiger partial charge in [0.2, 0.25) is 0 Å². The third-order valence-electron chi connectivity index (χ3n) is 2.63. The molecule has 6 N–H and O–H groups in total. The average molecular weight is 286 g/mol. The first-order valence-corrected chi connectivity index (χ1v) is 6.72. The first-order chi connectivity index (χ1) is 8.20. The fourth-order valence-corrected chi connectivity index (χ4v) is 2.10. The van der Waals surface area contributed by atoms with E-state index in [1.54, 1.807) is 0 Å². The van der Waals surface area contributed by atoms with Gasteiger partial charge in [-0.15, -0.1) is 0 Å². The molecule has 0 bridgehead atoms. The van der Waals surface area contributed by atoms with Crippen molar-refractivity contribution in [3.63, 3.8) is 0 Å². The average Bonchev–Trinajstić information content (AvgIpc) is 2.22. The minimum atomic E-state index is -4.59. The molecule has 10 heteroatoms. The van der Waals surface area contributed by atoms with Gasteiger partial charge in [0.25, 0.3) is 0 Å². The molecule has 0 aromatic rings. The van der Waals surface area contributed by atoms with Crippen LogP contribution < -0.4 is 10.6 Å². The molecule has 9 nitrogen and oxygen atoms in total. The molecule has 0 radical (unpaired) electrons. The van der Waals surface area contributed by atoms with E-state index >= 15 is 0 Å². The van der Waals surface area contributed by atoms with E-state index in [1.807, 2.05) is 0 Å². The van der Waals surface area contributed by atoms with E-state index in [0.717, 1.165) is 0 Å². The standard InChI is InChI=1S/C8H18N2O7S/c1-4(11)10-5-2-9-6(8(13)7(5)12)3-17-18(14,15)16/h4-13H,2-3H2,1H3,(H,14,15,16). The van der Waals surface area contributed by atoms with Gasteiger partial charge in [-0.25, -0.2) is 4.18 Å². The van der Waals surface area contributed by atoms with E-state index in [0.29, 0.717) is 0 Å². The molecule has 108 valence electrons. The number of hydrogen-bond acceptors (Lipinski definition) is 8. The van der Waals surface area contributed by atoms with E-state index in [-0.39, 0.29) is 6.54 Å². The molecule has 0 aromatic carbocycles. The maximum atomic E-state index is 10.4. The van der Waals surface area contributed by atoms with Crippen molar-refractivity contribution in [3.05, 3.63) is 0 Å². The van der Waals surface area contributed by atoms with Gasteiger partial charge in [0.05, 0.1) is 30.9 Å². The van der Waals surface area contributed by atoms with Crippen LogP contribution in [0.1, 0.15) is 6.92 Å². The van der Waals surface area contributed by atoms with Crippen LogP contribution in [0.4, 0.5) is 0 Å². The summed E-state index contributed by atoms with van der Waals surface area (Å²) in [6.45, 7) is 1.16. The lowest BCUT2D eigenvalue weighted by molar-refractivity contribution is -0.0619. The Labute approximate surface area is 105 Å². The number of aliphatic hydroxyl groups excluding tert-OH is 3. The lowest BCUT2D eigenvalue weighted by Crippen LogP contribution is -2.65. The summed E-state index contributed by atoms with van der Waals surface area (Å²) in [5, 5.41) is 34.0. The maximum Gasteiger partial charge on any atom is 0.397 e. The van der Waals surface area contributed by atoms with Crippen LogP contribution in [0.3, 0.4) is 0 Å². The zero-order chi connectivity index (χ0) is 13.9. The van der Waals surface area contributed by atoms with Crippen molar-refractivity contribution in [1.29, 1.82) is 0 Å². The van der Waals surface area contributed by atoms with Crippen molar-refractivity contribution in [2.75, 3.05) is 13.2 Å². The Kier molecular flexibility index (Phi) is 5.43. The molecule has 0 aliphatic carbocycles. The summed E-state index contributed by atoms with van der Waals surface area (Å²) >= 11 is 0. The van der Waals surface area contributed by atoms with Crippen molar-refractivity contribution in [3.8, 4) is 0 Å². The Morgan fingerprint density at radius 1 is 1.44 bits per heavy atom. The zero-order valence-corrected chi connectivity index (χ0v) is 10.5. The molecule has 1 aliphatic rings. The quantitative estimate of drug-likeness (QED) is 0.227. The van der Waals surface area contributed by atoms with Gasteiger partial charge >= 0.3 is 10.4 Å². The molecule has 1 rings (SSSR count). The van der Waals surface area contributed by atoms with E-state index in [4.69, 9.17) is 9.66 Å². The van der Waals surface area contributed by atoms with Crippen LogP contribution >= 0.6 is 0 Å². The monoisotopic (exact) mass is 286 g/mol. The summed E-state index contributed by atoms with van der Waals surface area (Å²) in [4.78, 5) is 0. The highest BCUT2D eigenvalue weighted by atomic mass is 32.3. The second-order valence-corrected chi connectivity index (χ2v) is 5.25. The third-order valence-corrected chi connectivity index (χ3v) is 3.06. The van der Waals surface area contributed by atoms with Gasteiger partial charge < -0.3 is 20.6 Å². The first kappa shape index (κ1) is 15.7. The second-order valence-electron chi connectivity index (χ2n) is 4.16. The molecule has 1 saturated heterocycles. The lowest BCUT2D eigenvalue weighted by Gasteiger charge is -2.38. The van der Waals surface area contributed by atoms with Gasteiger partial charge in [-0.3, -0.25) is 9.87 Å². The number of rotatable bonds is 5. The van der Waals surface area contributed by atoms with Gasteiger partial charge in [-0.2, -0.15) is 8.42 Å². The molecule has 0 amide bonds. The zero-order valence-electron chi connectivity index (χ0n) is 9.72. The summed E-state index contributed by atoms with van der Waals surface area (Å²) in [7, 11) is -4.59. The SMILES string of the molecule is CC(O)NC1CNC(COS(=O)(=O)O)C(O)C1O. The Hall–Kier alpha value is -0.330. The Morgan fingerprint density at radius 2 is 2.06 bits per heavy atom. The van der Waals surface area contributed by atoms with E-state index < -0.39 is 47.5 Å². The molecule has 1 heterocycles. The number of piperidine rings is 1. The molecule has 1 fully saturated rings. The predicted molar refractivity (Wildman–Crippen MR) is 59.9 cm³/mol. The number of nitrogens with one attached hydrogen (secondary N) is 2. The first-order valence-electron chi connectivity index (χ1n) is 5.36. The Bertz CT molecular complexity index is 360. The molecule has 5 unspecified atom stereocenters. The van der Waals surface area contributed by atoms with Crippen molar-refractivity contribution in [2.45, 2.75) is 37.4 Å². The number of aliphatic hydroxyl groups is 3. The van der Waals surface area contributed by atoms with Gasteiger partial charge in [0.15, 0.2) is 0 Å². The van der Waals surface area contributed by atoms with Crippen molar-refractivity contribution in [1.82, 2.24) is 10.6 Å². The molecule has 0 saturated carbocycles. The second kappa shape index (κ2) is 6.21. The van der Waals surface area contributed by atoms with Gasteiger partial charge in [0.1, 0.15) is 6.23 Å². The summed E-state index contributed by atoms with van der Waals surface area (Å²) in [6, 6.07) is -1.42. The van der Waals surface area contributed by atoms with Crippen LogP contribution in [0.5, 0.6) is 0 Å². The van der Waals surface area contributed by atoms with E-state index in [2.05, 4.69) is 14.8 Å². The fraction of sp³-hybridized carbons (Fsp3) is 1.00. The van der Waals surface area contributed by atoms with Crippen LogP contribution in [0.2, 0.25) is 0 Å². The largest absolute Gasteiger partial charge is 0.397 e. The van der Waals surface area contributed by atoms with Crippen molar-refractivity contribution in [2.24, 2.45) is 0 Å². The topological polar surface area (TPSA) is 148 Å². The maximum absolute atomic E-state index is 10.4. The highest BCUT2D eigenvalue weighted by molar-refractivity contribution is 7.80. The van der Waals surface area contributed by atoms with Gasteiger partial charge in [-0.05, 0) is 6.92 Å². The highest BCUT2D eigenvalue weighted by Crippen LogP contribution is 2.12. The van der Waals surface area contributed by atoms with Gasteiger partial charge in [0, 0.05) is 6.54 Å². The molecule has 0 aromatic heterocycles. The lowest BCUT2D eigenvalue weighted by atomic mass is 9.94. The predicted octanol–water partition coefficient (Wildman–Crippen LogP) is -3.20. The summed E-state index contributed by atoms with van der Waals surface area (Å²) in [5.74, 6) is 0. The molecule has 1 aliphatic heterocycles. The smallest absolute Gasteiger partial charge is 0.389 e. The fourth-order valence-electron chi connectivity index (χ4n) is 1.78. The Morgan fingerprint density at radius 3 is 2.56 bits per heavy atom. The highest BCUT2D eigenvalue weighted by Gasteiger charge is 2.38. The van der Waals surface area contributed by atoms with Gasteiger partial charge in [-0.1, -0.05) is 0 Å². The third kappa shape index (κ3) is 4.74. The Balaban J connectivity index is 2.52. The number of hydrogen-bond donors (Lipinski definition) is 6. The molecular weight excluding hydrogens is 268 g/mol. The van der Waals surface area contributed by atoms with Crippen LogP contribution in [0.15, 0.2) is 0 Å². The minimum Gasteiger partial charge on any atom is -0.389 e. The van der Waals surface area contributed by atoms with Crippen molar-refractivity contribution >= 4 is 10.4 Å². The van der Waals surface area contributed by atoms with Crippen LogP contribution in [0.25, 0.3) is 0 Å². The normalized spacial score (nSPS) is 35.4. The minimum absolute atomic E-state index is 0.197. The molecule has 18 heavy (non-hydrogen) atoms. The van der Waals surface area contributed by atoms with E-state index in [9.17, 15) is 18.6 Å². The molecular formula is C8H18N2O7S. The van der Waals surface area contributed by atoms with Crippen LogP contribution in [-0.2, 0) is 14.6 Å². The molecule has 0 spiro atoms. The molecule has 5 atom stereocenters. The summed E-state index contributed by atoms with van der Waals surface area (Å²) < 4.78 is 33.3.